The van der Waals surface area contributed by atoms with Crippen LogP contribution in [0.5, 0.6) is 0 Å². The van der Waals surface area contributed by atoms with Crippen LogP contribution in [0.1, 0.15) is 30.0 Å². The predicted molar refractivity (Wildman–Crippen MR) is 124 cm³/mol. The maximum atomic E-state index is 13.9. The summed E-state index contributed by atoms with van der Waals surface area (Å²) in [6.45, 7) is 0.101. The molecule has 1 saturated carbocycles. The lowest BCUT2D eigenvalue weighted by Gasteiger charge is -2.13. The number of H-pyrrole nitrogens is 1. The molecule has 0 aliphatic heterocycles. The van der Waals surface area contributed by atoms with Crippen molar-refractivity contribution in [1.82, 2.24) is 24.5 Å². The lowest BCUT2D eigenvalue weighted by molar-refractivity contribution is 0.299. The summed E-state index contributed by atoms with van der Waals surface area (Å²) in [5.41, 5.74) is 6.79. The van der Waals surface area contributed by atoms with Crippen LogP contribution >= 0.6 is 0 Å². The number of nitrogens with zero attached hydrogens (tertiary/aromatic N) is 4. The van der Waals surface area contributed by atoms with Crippen molar-refractivity contribution < 1.29 is 5.11 Å². The summed E-state index contributed by atoms with van der Waals surface area (Å²) in [6, 6.07) is 15.6. The molecule has 32 heavy (non-hydrogen) atoms. The second kappa shape index (κ2) is 7.17. The summed E-state index contributed by atoms with van der Waals surface area (Å²) in [5, 5.41) is 22.4. The number of rotatable bonds is 5. The summed E-state index contributed by atoms with van der Waals surface area (Å²) in [4.78, 5) is 13.9. The number of aryl methyl sites for hydroxylation is 1. The quantitative estimate of drug-likeness (QED) is 0.450. The third kappa shape index (κ3) is 3.05. The number of nitrogens with one attached hydrogen (secondary N) is 1. The number of aliphatic hydroxyl groups excluding tert-OH is 1. The van der Waals surface area contributed by atoms with E-state index in [4.69, 9.17) is 0 Å². The Kier molecular flexibility index (Phi) is 4.26. The van der Waals surface area contributed by atoms with Crippen LogP contribution in [0.4, 0.5) is 0 Å². The molecule has 5 aromatic rings. The van der Waals surface area contributed by atoms with Gasteiger partial charge in [-0.15, -0.1) is 0 Å². The van der Waals surface area contributed by atoms with Crippen molar-refractivity contribution in [1.29, 1.82) is 0 Å². The first-order valence-corrected chi connectivity index (χ1v) is 10.9. The van der Waals surface area contributed by atoms with Gasteiger partial charge in [-0.1, -0.05) is 18.2 Å². The number of pyridine rings is 1. The van der Waals surface area contributed by atoms with Crippen molar-refractivity contribution in [2.45, 2.75) is 25.2 Å². The number of hydrogen-bond donors (Lipinski definition) is 2. The molecule has 0 spiro atoms. The summed E-state index contributed by atoms with van der Waals surface area (Å²) < 4.78 is 3.57. The van der Waals surface area contributed by atoms with Crippen molar-refractivity contribution in [3.8, 4) is 16.8 Å². The molecule has 0 atom stereocenters. The average Bonchev–Trinajstić information content (AvgIpc) is 3.44. The van der Waals surface area contributed by atoms with Gasteiger partial charge in [0.1, 0.15) is 5.52 Å². The lowest BCUT2D eigenvalue weighted by Crippen LogP contribution is -2.21. The monoisotopic (exact) mass is 425 g/mol. The van der Waals surface area contributed by atoms with Crippen LogP contribution in [0.3, 0.4) is 0 Å². The molecule has 6 rings (SSSR count). The molecular formula is C25H23N5O2. The van der Waals surface area contributed by atoms with Crippen LogP contribution < -0.4 is 5.56 Å². The molecule has 0 saturated heterocycles. The van der Waals surface area contributed by atoms with Gasteiger partial charge in [-0.2, -0.15) is 10.2 Å². The van der Waals surface area contributed by atoms with Gasteiger partial charge in [0, 0.05) is 42.4 Å². The van der Waals surface area contributed by atoms with E-state index < -0.39 is 0 Å². The van der Waals surface area contributed by atoms with Crippen molar-refractivity contribution in [2.24, 2.45) is 7.05 Å². The molecule has 0 amide bonds. The minimum atomic E-state index is -0.0704. The molecule has 0 bridgehead atoms. The number of aliphatic hydroxyl groups is 1. The number of fused-ring (bicyclic) bond motifs is 2. The minimum absolute atomic E-state index is 0.0704. The zero-order valence-electron chi connectivity index (χ0n) is 17.7. The first-order chi connectivity index (χ1) is 15.6. The molecule has 2 aromatic carbocycles. The fourth-order valence-electron chi connectivity index (χ4n) is 4.49. The van der Waals surface area contributed by atoms with Crippen LogP contribution in [0.25, 0.3) is 38.8 Å². The summed E-state index contributed by atoms with van der Waals surface area (Å²) in [7, 11) is 1.89. The first kappa shape index (κ1) is 19.0. The van der Waals surface area contributed by atoms with Gasteiger partial charge in [0.15, 0.2) is 0 Å². The maximum absolute atomic E-state index is 13.9. The Hall–Kier alpha value is -3.71. The van der Waals surface area contributed by atoms with Gasteiger partial charge in [-0.25, -0.2) is 0 Å². The van der Waals surface area contributed by atoms with E-state index in [1.807, 2.05) is 61.8 Å². The van der Waals surface area contributed by atoms with Crippen molar-refractivity contribution in [3.05, 3.63) is 76.3 Å². The fourth-order valence-corrected chi connectivity index (χ4v) is 4.49. The van der Waals surface area contributed by atoms with E-state index in [2.05, 4.69) is 15.3 Å². The maximum Gasteiger partial charge on any atom is 0.263 e. The van der Waals surface area contributed by atoms with Gasteiger partial charge in [0.25, 0.3) is 5.56 Å². The third-order valence-electron chi connectivity index (χ3n) is 6.24. The van der Waals surface area contributed by atoms with Crippen molar-refractivity contribution in [3.63, 3.8) is 0 Å². The Morgan fingerprint density at radius 3 is 2.66 bits per heavy atom. The Labute approximate surface area is 183 Å². The summed E-state index contributed by atoms with van der Waals surface area (Å²) >= 11 is 0. The SMILES string of the molecule is Cn1cc2cc(-c3cc4n[nH]c(C5CC5)c4n(-c4ccc(CCO)cc4)c3=O)ccc2n1. The smallest absolute Gasteiger partial charge is 0.263 e. The second-order valence-corrected chi connectivity index (χ2v) is 8.56. The van der Waals surface area contributed by atoms with Crippen LogP contribution in [0.15, 0.2) is 59.5 Å². The molecule has 3 heterocycles. The average molecular weight is 425 g/mol. The van der Waals surface area contributed by atoms with E-state index >= 15 is 0 Å². The highest BCUT2D eigenvalue weighted by Gasteiger charge is 2.30. The number of benzene rings is 2. The highest BCUT2D eigenvalue weighted by molar-refractivity contribution is 5.88. The van der Waals surface area contributed by atoms with Crippen LogP contribution in [0, 0.1) is 0 Å². The molecular weight excluding hydrogens is 402 g/mol. The van der Waals surface area contributed by atoms with Gasteiger partial charge >= 0.3 is 0 Å². The van der Waals surface area contributed by atoms with Gasteiger partial charge < -0.3 is 5.11 Å². The van der Waals surface area contributed by atoms with Crippen molar-refractivity contribution >= 4 is 21.9 Å². The third-order valence-corrected chi connectivity index (χ3v) is 6.24. The van der Waals surface area contributed by atoms with E-state index in [0.717, 1.165) is 57.3 Å². The van der Waals surface area contributed by atoms with E-state index in [1.165, 1.54) is 0 Å². The molecule has 7 nitrogen and oxygen atoms in total. The van der Waals surface area contributed by atoms with Crippen LogP contribution in [-0.4, -0.2) is 36.3 Å². The first-order valence-electron chi connectivity index (χ1n) is 10.9. The number of aromatic amines is 1. The second-order valence-electron chi connectivity index (χ2n) is 8.56. The zero-order valence-corrected chi connectivity index (χ0v) is 17.7. The van der Waals surface area contributed by atoms with Gasteiger partial charge in [-0.3, -0.25) is 19.1 Å². The Balaban J connectivity index is 1.60. The molecule has 160 valence electrons. The molecule has 1 fully saturated rings. The summed E-state index contributed by atoms with van der Waals surface area (Å²) in [6.07, 6.45) is 4.77. The molecule has 0 radical (unpaired) electrons. The highest BCUT2D eigenvalue weighted by Crippen LogP contribution is 2.42. The van der Waals surface area contributed by atoms with E-state index in [9.17, 15) is 9.90 Å². The minimum Gasteiger partial charge on any atom is -0.396 e. The molecule has 1 aliphatic carbocycles. The van der Waals surface area contributed by atoms with Crippen LogP contribution in [0.2, 0.25) is 0 Å². The number of aromatic nitrogens is 5. The molecule has 7 heteroatoms. The van der Waals surface area contributed by atoms with Crippen molar-refractivity contribution in [2.75, 3.05) is 6.61 Å². The Morgan fingerprint density at radius 1 is 1.09 bits per heavy atom. The van der Waals surface area contributed by atoms with Gasteiger partial charge in [0.2, 0.25) is 0 Å². The van der Waals surface area contributed by atoms with E-state index in [0.29, 0.717) is 17.9 Å². The van der Waals surface area contributed by atoms with Crippen LogP contribution in [-0.2, 0) is 13.5 Å². The van der Waals surface area contributed by atoms with Gasteiger partial charge in [-0.05, 0) is 60.7 Å². The topological polar surface area (TPSA) is 88.7 Å². The Morgan fingerprint density at radius 2 is 1.91 bits per heavy atom. The van der Waals surface area contributed by atoms with E-state index in [-0.39, 0.29) is 12.2 Å². The normalized spacial score (nSPS) is 13.9. The fraction of sp³-hybridized carbons (Fsp3) is 0.240. The molecule has 1 aliphatic rings. The standard InChI is InChI=1S/C25H23N5O2/c1-29-14-18-12-17(6-9-21(18)28-29)20-13-22-24(23(27-26-22)16-4-5-16)30(25(20)32)19-7-2-15(3-8-19)10-11-31/h2-3,6-9,12-14,16,31H,4-5,10-11H2,1H3,(H,26,27). The zero-order chi connectivity index (χ0) is 21.8. The number of hydrogen-bond acceptors (Lipinski definition) is 4. The predicted octanol–water partition coefficient (Wildman–Crippen LogP) is 3.68. The Bertz CT molecular complexity index is 1520. The lowest BCUT2D eigenvalue weighted by atomic mass is 10.0. The molecule has 2 N–H and O–H groups in total. The highest BCUT2D eigenvalue weighted by atomic mass is 16.3. The largest absolute Gasteiger partial charge is 0.396 e. The summed E-state index contributed by atoms with van der Waals surface area (Å²) in [5.74, 6) is 0.428. The van der Waals surface area contributed by atoms with Gasteiger partial charge in [0.05, 0.1) is 16.7 Å². The van der Waals surface area contributed by atoms with E-state index in [1.54, 1.807) is 9.25 Å². The molecule has 3 aromatic heterocycles. The molecule has 0 unspecified atom stereocenters.